The molecule has 1 aromatic rings. The van der Waals surface area contributed by atoms with Crippen LogP contribution in [0.3, 0.4) is 0 Å². The number of anilines is 1. The van der Waals surface area contributed by atoms with Gasteiger partial charge in [-0.05, 0) is 37.0 Å². The van der Waals surface area contributed by atoms with Gasteiger partial charge < -0.3 is 11.1 Å². The average Bonchev–Trinajstić information content (AvgIpc) is 3.14. The molecule has 1 amide bonds. The van der Waals surface area contributed by atoms with Crippen molar-refractivity contribution in [3.8, 4) is 0 Å². The van der Waals surface area contributed by atoms with E-state index in [4.69, 9.17) is 18.0 Å². The standard InChI is InChI=1S/C13H15FN2OS/c1-7(8-2-3-8)13(17)16-11-5-4-9(12(15)18)6-10(11)14/h4-8H,2-3H2,1H3,(H2,15,18)(H,16,17). The molecule has 0 saturated heterocycles. The van der Waals surface area contributed by atoms with E-state index < -0.39 is 5.82 Å². The van der Waals surface area contributed by atoms with E-state index in [1.807, 2.05) is 6.92 Å². The number of halogens is 1. The Hall–Kier alpha value is -1.49. The van der Waals surface area contributed by atoms with Crippen LogP contribution in [0.4, 0.5) is 10.1 Å². The predicted octanol–water partition coefficient (Wildman–Crippen LogP) is 2.44. The minimum absolute atomic E-state index is 0.0698. The van der Waals surface area contributed by atoms with Crippen molar-refractivity contribution < 1.29 is 9.18 Å². The summed E-state index contributed by atoms with van der Waals surface area (Å²) in [5.41, 5.74) is 6.04. The SMILES string of the molecule is CC(C(=O)Nc1ccc(C(N)=S)cc1F)C1CC1. The van der Waals surface area contributed by atoms with Gasteiger partial charge in [0, 0.05) is 11.5 Å². The van der Waals surface area contributed by atoms with Crippen LogP contribution < -0.4 is 11.1 Å². The van der Waals surface area contributed by atoms with E-state index in [1.165, 1.54) is 12.1 Å². The molecule has 0 spiro atoms. The number of carbonyl (C=O) groups excluding carboxylic acids is 1. The maximum atomic E-state index is 13.7. The number of rotatable bonds is 4. The van der Waals surface area contributed by atoms with Gasteiger partial charge in [0.15, 0.2) is 0 Å². The molecule has 1 aliphatic rings. The van der Waals surface area contributed by atoms with Gasteiger partial charge in [-0.25, -0.2) is 4.39 Å². The molecular formula is C13H15FN2OS. The Kier molecular flexibility index (Phi) is 3.61. The van der Waals surface area contributed by atoms with Gasteiger partial charge in [-0.15, -0.1) is 0 Å². The molecule has 1 fully saturated rings. The van der Waals surface area contributed by atoms with Crippen LogP contribution in [-0.4, -0.2) is 10.9 Å². The molecule has 1 saturated carbocycles. The fraction of sp³-hybridized carbons (Fsp3) is 0.385. The number of carbonyl (C=O) groups is 1. The predicted molar refractivity (Wildman–Crippen MR) is 72.8 cm³/mol. The zero-order chi connectivity index (χ0) is 13.3. The first kappa shape index (κ1) is 13.0. The molecule has 0 aromatic heterocycles. The molecule has 5 heteroatoms. The van der Waals surface area contributed by atoms with Crippen LogP contribution in [0.2, 0.25) is 0 Å². The first-order chi connectivity index (χ1) is 8.49. The molecular weight excluding hydrogens is 251 g/mol. The molecule has 0 bridgehead atoms. The van der Waals surface area contributed by atoms with Crippen molar-refractivity contribution in [3.63, 3.8) is 0 Å². The lowest BCUT2D eigenvalue weighted by molar-refractivity contribution is -0.119. The second kappa shape index (κ2) is 5.02. The Morgan fingerprint density at radius 3 is 2.72 bits per heavy atom. The zero-order valence-corrected chi connectivity index (χ0v) is 10.9. The van der Waals surface area contributed by atoms with Gasteiger partial charge in [0.2, 0.25) is 5.91 Å². The second-order valence-corrected chi connectivity index (χ2v) is 5.11. The number of benzene rings is 1. The second-order valence-electron chi connectivity index (χ2n) is 4.67. The third kappa shape index (κ3) is 2.85. The summed E-state index contributed by atoms with van der Waals surface area (Å²) in [5.74, 6) is -0.278. The van der Waals surface area contributed by atoms with Gasteiger partial charge in [0.1, 0.15) is 10.8 Å². The number of nitrogens with one attached hydrogen (secondary N) is 1. The highest BCUT2D eigenvalue weighted by atomic mass is 32.1. The van der Waals surface area contributed by atoms with Gasteiger partial charge in [0.05, 0.1) is 5.69 Å². The monoisotopic (exact) mass is 266 g/mol. The lowest BCUT2D eigenvalue weighted by atomic mass is 10.1. The highest BCUT2D eigenvalue weighted by Gasteiger charge is 2.32. The Morgan fingerprint density at radius 2 is 2.22 bits per heavy atom. The van der Waals surface area contributed by atoms with Crippen molar-refractivity contribution in [2.45, 2.75) is 19.8 Å². The highest BCUT2D eigenvalue weighted by Crippen LogP contribution is 2.37. The lowest BCUT2D eigenvalue weighted by Crippen LogP contribution is -2.22. The Bertz CT molecular complexity index is 500. The molecule has 1 aromatic carbocycles. The van der Waals surface area contributed by atoms with Crippen molar-refractivity contribution in [2.24, 2.45) is 17.6 Å². The van der Waals surface area contributed by atoms with Crippen molar-refractivity contribution in [3.05, 3.63) is 29.6 Å². The molecule has 0 aliphatic heterocycles. The molecule has 18 heavy (non-hydrogen) atoms. The topological polar surface area (TPSA) is 55.1 Å². The average molecular weight is 266 g/mol. The number of amides is 1. The van der Waals surface area contributed by atoms with Gasteiger partial charge >= 0.3 is 0 Å². The van der Waals surface area contributed by atoms with Crippen LogP contribution in [0.25, 0.3) is 0 Å². The summed E-state index contributed by atoms with van der Waals surface area (Å²) in [6.45, 7) is 1.87. The van der Waals surface area contributed by atoms with E-state index in [1.54, 1.807) is 6.07 Å². The van der Waals surface area contributed by atoms with Crippen molar-refractivity contribution in [2.75, 3.05) is 5.32 Å². The van der Waals surface area contributed by atoms with Crippen LogP contribution in [-0.2, 0) is 4.79 Å². The quantitative estimate of drug-likeness (QED) is 0.823. The smallest absolute Gasteiger partial charge is 0.227 e. The van der Waals surface area contributed by atoms with Crippen LogP contribution in [0.5, 0.6) is 0 Å². The Labute approximate surface area is 111 Å². The van der Waals surface area contributed by atoms with Crippen molar-refractivity contribution in [1.82, 2.24) is 0 Å². The molecule has 0 heterocycles. The van der Waals surface area contributed by atoms with Crippen molar-refractivity contribution in [1.29, 1.82) is 0 Å². The molecule has 1 aliphatic carbocycles. The molecule has 96 valence electrons. The molecule has 1 unspecified atom stereocenters. The number of hydrogen-bond donors (Lipinski definition) is 2. The number of thiocarbonyl (C=S) groups is 1. The molecule has 0 radical (unpaired) electrons. The fourth-order valence-corrected chi connectivity index (χ4v) is 1.95. The van der Waals surface area contributed by atoms with E-state index in [9.17, 15) is 9.18 Å². The summed E-state index contributed by atoms with van der Waals surface area (Å²) in [7, 11) is 0. The van der Waals surface area contributed by atoms with Gasteiger partial charge in [-0.2, -0.15) is 0 Å². The number of nitrogens with two attached hydrogens (primary N) is 1. The first-order valence-corrected chi connectivity index (χ1v) is 6.30. The molecule has 1 atom stereocenters. The summed E-state index contributed by atoms with van der Waals surface area (Å²) in [4.78, 5) is 12.0. The van der Waals surface area contributed by atoms with Crippen LogP contribution in [0.15, 0.2) is 18.2 Å². The summed E-state index contributed by atoms with van der Waals surface area (Å²) >= 11 is 4.76. The third-order valence-electron chi connectivity index (χ3n) is 3.25. The molecule has 3 N–H and O–H groups in total. The van der Waals surface area contributed by atoms with Gasteiger partial charge in [-0.3, -0.25) is 4.79 Å². The molecule has 2 rings (SSSR count). The van der Waals surface area contributed by atoms with Crippen LogP contribution in [0, 0.1) is 17.7 Å². The normalized spacial score (nSPS) is 16.1. The largest absolute Gasteiger partial charge is 0.389 e. The number of hydrogen-bond acceptors (Lipinski definition) is 2. The Morgan fingerprint density at radius 1 is 1.56 bits per heavy atom. The fourth-order valence-electron chi connectivity index (χ4n) is 1.83. The van der Waals surface area contributed by atoms with Gasteiger partial charge in [-0.1, -0.05) is 19.1 Å². The van der Waals surface area contributed by atoms with E-state index >= 15 is 0 Å². The summed E-state index contributed by atoms with van der Waals surface area (Å²) in [6.07, 6.45) is 2.16. The van der Waals surface area contributed by atoms with Crippen LogP contribution >= 0.6 is 12.2 Å². The summed E-state index contributed by atoms with van der Waals surface area (Å²) in [5, 5.41) is 2.60. The third-order valence-corrected chi connectivity index (χ3v) is 3.49. The maximum absolute atomic E-state index is 13.7. The minimum Gasteiger partial charge on any atom is -0.389 e. The zero-order valence-electron chi connectivity index (χ0n) is 10.1. The maximum Gasteiger partial charge on any atom is 0.227 e. The van der Waals surface area contributed by atoms with E-state index in [-0.39, 0.29) is 22.5 Å². The van der Waals surface area contributed by atoms with Crippen molar-refractivity contribution >= 4 is 28.8 Å². The first-order valence-electron chi connectivity index (χ1n) is 5.89. The lowest BCUT2D eigenvalue weighted by Gasteiger charge is -2.12. The van der Waals surface area contributed by atoms with E-state index in [0.717, 1.165) is 12.8 Å². The van der Waals surface area contributed by atoms with Crippen LogP contribution in [0.1, 0.15) is 25.3 Å². The highest BCUT2D eigenvalue weighted by molar-refractivity contribution is 7.80. The van der Waals surface area contributed by atoms with E-state index in [0.29, 0.717) is 11.5 Å². The Balaban J connectivity index is 2.09. The molecule has 3 nitrogen and oxygen atoms in total. The van der Waals surface area contributed by atoms with Gasteiger partial charge in [0.25, 0.3) is 0 Å². The minimum atomic E-state index is -0.517. The van der Waals surface area contributed by atoms with E-state index in [2.05, 4.69) is 5.32 Å². The summed E-state index contributed by atoms with van der Waals surface area (Å²) in [6, 6.07) is 4.32. The summed E-state index contributed by atoms with van der Waals surface area (Å²) < 4.78 is 13.7.